The number of nitrogens with one attached hydrogen (secondary N) is 1. The summed E-state index contributed by atoms with van der Waals surface area (Å²) in [5.41, 5.74) is 1.28. The second-order valence-corrected chi connectivity index (χ2v) is 6.41. The van der Waals surface area contributed by atoms with Gasteiger partial charge in [0, 0.05) is 25.8 Å². The predicted molar refractivity (Wildman–Crippen MR) is 95.7 cm³/mol. The van der Waals surface area contributed by atoms with Gasteiger partial charge in [0.15, 0.2) is 0 Å². The van der Waals surface area contributed by atoms with Crippen molar-refractivity contribution in [3.8, 4) is 0 Å². The molecule has 0 amide bonds. The molecule has 122 valence electrons. The topological polar surface area (TPSA) is 41.1 Å². The van der Waals surface area contributed by atoms with Gasteiger partial charge in [0.05, 0.1) is 0 Å². The predicted octanol–water partition coefficient (Wildman–Crippen LogP) is 4.25. The van der Waals surface area contributed by atoms with Crippen LogP contribution in [-0.4, -0.2) is 23.1 Å². The van der Waals surface area contributed by atoms with Gasteiger partial charge in [-0.1, -0.05) is 56.0 Å². The first-order valence-corrected chi connectivity index (χ1v) is 8.66. The van der Waals surface area contributed by atoms with Crippen LogP contribution in [0.2, 0.25) is 0 Å². The highest BCUT2D eigenvalue weighted by Crippen LogP contribution is 2.21. The molecule has 1 fully saturated rings. The molecule has 4 nitrogen and oxygen atoms in total. The largest absolute Gasteiger partial charge is 0.355 e. The molecule has 1 aromatic heterocycles. The zero-order valence-corrected chi connectivity index (χ0v) is 13.9. The number of aromatic nitrogens is 2. The average Bonchev–Trinajstić information content (AvgIpc) is 2.85. The minimum atomic E-state index is 0.521. The van der Waals surface area contributed by atoms with Crippen molar-refractivity contribution in [1.82, 2.24) is 9.97 Å². The van der Waals surface area contributed by atoms with Crippen molar-refractivity contribution in [2.24, 2.45) is 0 Å². The number of rotatable bonds is 5. The molecule has 1 N–H and O–H groups in total. The first-order valence-electron chi connectivity index (χ1n) is 8.66. The molecule has 0 atom stereocenters. The Morgan fingerprint density at radius 3 is 2.52 bits per heavy atom. The molecule has 0 radical (unpaired) electrons. The highest BCUT2D eigenvalue weighted by atomic mass is 15.2. The SMILES string of the molecule is CN(Cc1ccccc1)c1ccnc(NC2CCCCCC2)n1. The van der Waals surface area contributed by atoms with Crippen molar-refractivity contribution < 1.29 is 0 Å². The van der Waals surface area contributed by atoms with E-state index in [9.17, 15) is 0 Å². The maximum atomic E-state index is 4.70. The van der Waals surface area contributed by atoms with Crippen molar-refractivity contribution >= 4 is 11.8 Å². The van der Waals surface area contributed by atoms with Crippen LogP contribution in [0.3, 0.4) is 0 Å². The molecule has 2 aromatic rings. The molecule has 1 saturated carbocycles. The van der Waals surface area contributed by atoms with Gasteiger partial charge in [-0.25, -0.2) is 4.98 Å². The monoisotopic (exact) mass is 310 g/mol. The summed E-state index contributed by atoms with van der Waals surface area (Å²) in [7, 11) is 2.07. The van der Waals surface area contributed by atoms with Gasteiger partial charge < -0.3 is 10.2 Å². The highest BCUT2D eigenvalue weighted by molar-refractivity contribution is 5.42. The molecule has 0 unspecified atom stereocenters. The van der Waals surface area contributed by atoms with Gasteiger partial charge in [0.2, 0.25) is 5.95 Å². The lowest BCUT2D eigenvalue weighted by Crippen LogP contribution is -2.22. The molecule has 1 aliphatic rings. The van der Waals surface area contributed by atoms with E-state index >= 15 is 0 Å². The summed E-state index contributed by atoms with van der Waals surface area (Å²) in [6.07, 6.45) is 9.65. The molecule has 23 heavy (non-hydrogen) atoms. The van der Waals surface area contributed by atoms with E-state index in [1.807, 2.05) is 18.3 Å². The Kier molecular flexibility index (Phi) is 5.46. The zero-order chi connectivity index (χ0) is 15.9. The fourth-order valence-corrected chi connectivity index (χ4v) is 3.18. The molecule has 1 aromatic carbocycles. The number of nitrogens with zero attached hydrogens (tertiary/aromatic N) is 3. The third-order valence-electron chi connectivity index (χ3n) is 4.48. The lowest BCUT2D eigenvalue weighted by molar-refractivity contribution is 0.614. The van der Waals surface area contributed by atoms with Gasteiger partial charge >= 0.3 is 0 Å². The Balaban J connectivity index is 1.64. The molecule has 0 aliphatic heterocycles. The van der Waals surface area contributed by atoms with Crippen LogP contribution in [0.4, 0.5) is 11.8 Å². The number of benzene rings is 1. The van der Waals surface area contributed by atoms with Crippen LogP contribution in [0.15, 0.2) is 42.6 Å². The van der Waals surface area contributed by atoms with E-state index in [1.165, 1.54) is 44.1 Å². The lowest BCUT2D eigenvalue weighted by Gasteiger charge is -2.20. The number of hydrogen-bond donors (Lipinski definition) is 1. The first kappa shape index (κ1) is 15.8. The second-order valence-electron chi connectivity index (χ2n) is 6.41. The van der Waals surface area contributed by atoms with Crippen molar-refractivity contribution in [2.45, 2.75) is 51.1 Å². The Labute approximate surface area is 139 Å². The van der Waals surface area contributed by atoms with Gasteiger partial charge in [0.1, 0.15) is 5.82 Å². The lowest BCUT2D eigenvalue weighted by atomic mass is 10.1. The van der Waals surface area contributed by atoms with E-state index in [1.54, 1.807) is 0 Å². The summed E-state index contributed by atoms with van der Waals surface area (Å²) in [6.45, 7) is 0.848. The van der Waals surface area contributed by atoms with Crippen molar-refractivity contribution in [3.63, 3.8) is 0 Å². The zero-order valence-electron chi connectivity index (χ0n) is 13.9. The van der Waals surface area contributed by atoms with E-state index < -0.39 is 0 Å². The average molecular weight is 310 g/mol. The van der Waals surface area contributed by atoms with Gasteiger partial charge in [0.25, 0.3) is 0 Å². The van der Waals surface area contributed by atoms with Crippen LogP contribution < -0.4 is 10.2 Å². The standard InChI is InChI=1S/C19H26N4/c1-23(15-16-9-5-4-6-10-16)18-13-14-20-19(22-18)21-17-11-7-2-3-8-12-17/h4-6,9-10,13-14,17H,2-3,7-8,11-12,15H2,1H3,(H,20,21,22). The number of hydrogen-bond acceptors (Lipinski definition) is 4. The highest BCUT2D eigenvalue weighted by Gasteiger charge is 2.13. The Bertz CT molecular complexity index is 591. The van der Waals surface area contributed by atoms with Crippen LogP contribution >= 0.6 is 0 Å². The van der Waals surface area contributed by atoms with E-state index in [0.717, 1.165) is 18.3 Å². The summed E-state index contributed by atoms with van der Waals surface area (Å²) in [6, 6.07) is 13.0. The Morgan fingerprint density at radius 1 is 1.04 bits per heavy atom. The molecule has 0 bridgehead atoms. The van der Waals surface area contributed by atoms with Crippen molar-refractivity contribution in [2.75, 3.05) is 17.3 Å². The maximum Gasteiger partial charge on any atom is 0.224 e. The molecule has 0 spiro atoms. The van der Waals surface area contributed by atoms with Gasteiger partial charge in [-0.05, 0) is 24.5 Å². The second kappa shape index (κ2) is 7.95. The molecule has 3 rings (SSSR count). The Hall–Kier alpha value is -2.10. The summed E-state index contributed by atoms with van der Waals surface area (Å²) in [4.78, 5) is 11.3. The van der Waals surface area contributed by atoms with E-state index in [0.29, 0.717) is 6.04 Å². The smallest absolute Gasteiger partial charge is 0.224 e. The third kappa shape index (κ3) is 4.68. The Morgan fingerprint density at radius 2 is 1.78 bits per heavy atom. The summed E-state index contributed by atoms with van der Waals surface area (Å²) in [5, 5.41) is 3.53. The first-order chi connectivity index (χ1) is 11.3. The third-order valence-corrected chi connectivity index (χ3v) is 4.48. The molecule has 0 saturated heterocycles. The molecular weight excluding hydrogens is 284 g/mol. The van der Waals surface area contributed by atoms with Crippen LogP contribution in [-0.2, 0) is 6.54 Å². The van der Waals surface area contributed by atoms with Gasteiger partial charge in [-0.15, -0.1) is 0 Å². The summed E-state index contributed by atoms with van der Waals surface area (Å²) in [5.74, 6) is 1.72. The van der Waals surface area contributed by atoms with Crippen LogP contribution in [0.1, 0.15) is 44.1 Å². The fourth-order valence-electron chi connectivity index (χ4n) is 3.18. The van der Waals surface area contributed by atoms with Gasteiger partial charge in [-0.2, -0.15) is 4.98 Å². The normalized spacial score (nSPS) is 15.9. The maximum absolute atomic E-state index is 4.70. The minimum Gasteiger partial charge on any atom is -0.355 e. The fraction of sp³-hybridized carbons (Fsp3) is 0.474. The van der Waals surface area contributed by atoms with Crippen LogP contribution in [0.25, 0.3) is 0 Å². The van der Waals surface area contributed by atoms with E-state index in [4.69, 9.17) is 4.98 Å². The van der Waals surface area contributed by atoms with E-state index in [-0.39, 0.29) is 0 Å². The van der Waals surface area contributed by atoms with Crippen molar-refractivity contribution in [3.05, 3.63) is 48.2 Å². The minimum absolute atomic E-state index is 0.521. The van der Waals surface area contributed by atoms with E-state index in [2.05, 4.69) is 46.5 Å². The quantitative estimate of drug-likeness (QED) is 0.838. The van der Waals surface area contributed by atoms with Crippen molar-refractivity contribution in [1.29, 1.82) is 0 Å². The van der Waals surface area contributed by atoms with Crippen LogP contribution in [0.5, 0.6) is 0 Å². The summed E-state index contributed by atoms with van der Waals surface area (Å²) < 4.78 is 0. The van der Waals surface area contributed by atoms with Crippen LogP contribution in [0, 0.1) is 0 Å². The number of anilines is 2. The summed E-state index contributed by atoms with van der Waals surface area (Å²) >= 11 is 0. The molecule has 4 heteroatoms. The molecule has 1 heterocycles. The molecule has 1 aliphatic carbocycles. The molecular formula is C19H26N4. The van der Waals surface area contributed by atoms with Gasteiger partial charge in [-0.3, -0.25) is 0 Å².